The fourth-order valence-corrected chi connectivity index (χ4v) is 2.52. The number of aliphatic hydroxyl groups is 1. The Balaban J connectivity index is 2.62. The van der Waals surface area contributed by atoms with Crippen molar-refractivity contribution in [3.8, 4) is 0 Å². The largest absolute Gasteiger partial charge is 0.393 e. The Bertz CT molecular complexity index is 307. The summed E-state index contributed by atoms with van der Waals surface area (Å²) in [6, 6.07) is 8.44. The van der Waals surface area contributed by atoms with E-state index in [9.17, 15) is 5.11 Å². The van der Waals surface area contributed by atoms with Crippen LogP contribution < -0.4 is 0 Å². The molecule has 0 radical (unpaired) electrons. The topological polar surface area (TPSA) is 20.2 Å². The zero-order valence-corrected chi connectivity index (χ0v) is 12.4. The molecule has 0 aliphatic carbocycles. The fourth-order valence-electron chi connectivity index (χ4n) is 2.26. The fraction of sp³-hybridized carbons (Fsp3) is 0.600. The van der Waals surface area contributed by atoms with Gasteiger partial charge in [-0.1, -0.05) is 54.8 Å². The maximum atomic E-state index is 10.1. The standard InChI is InChI=1S/C15H23BrO/c1-3-5-13(15(17)6-4-2)11-12-7-9-14(16)10-8-12/h7-10,13,15,17H,3-6,11H2,1-2H3. The van der Waals surface area contributed by atoms with Crippen LogP contribution in [0.1, 0.15) is 45.1 Å². The lowest BCUT2D eigenvalue weighted by Gasteiger charge is -2.22. The van der Waals surface area contributed by atoms with Gasteiger partial charge in [0.1, 0.15) is 0 Å². The van der Waals surface area contributed by atoms with Crippen LogP contribution in [0, 0.1) is 5.92 Å². The quantitative estimate of drug-likeness (QED) is 0.782. The molecule has 17 heavy (non-hydrogen) atoms. The minimum atomic E-state index is -0.149. The average molecular weight is 299 g/mol. The van der Waals surface area contributed by atoms with Crippen molar-refractivity contribution in [1.29, 1.82) is 0 Å². The molecule has 0 aliphatic heterocycles. The van der Waals surface area contributed by atoms with Crippen LogP contribution in [-0.2, 0) is 6.42 Å². The van der Waals surface area contributed by atoms with Gasteiger partial charge in [0.25, 0.3) is 0 Å². The smallest absolute Gasteiger partial charge is 0.0571 e. The van der Waals surface area contributed by atoms with Crippen LogP contribution in [0.25, 0.3) is 0 Å². The molecule has 1 aromatic rings. The van der Waals surface area contributed by atoms with Crippen molar-refractivity contribution in [1.82, 2.24) is 0 Å². The maximum absolute atomic E-state index is 10.1. The summed E-state index contributed by atoms with van der Waals surface area (Å²) in [6.07, 6.45) is 5.06. The predicted octanol–water partition coefficient (Wildman–Crippen LogP) is 4.57. The van der Waals surface area contributed by atoms with E-state index in [0.29, 0.717) is 5.92 Å². The molecule has 2 heteroatoms. The first-order valence-electron chi connectivity index (χ1n) is 6.59. The van der Waals surface area contributed by atoms with Gasteiger partial charge in [-0.15, -0.1) is 0 Å². The predicted molar refractivity (Wildman–Crippen MR) is 77.2 cm³/mol. The van der Waals surface area contributed by atoms with Crippen molar-refractivity contribution in [2.24, 2.45) is 5.92 Å². The third kappa shape index (κ3) is 5.22. The van der Waals surface area contributed by atoms with E-state index in [1.165, 1.54) is 5.56 Å². The Morgan fingerprint density at radius 1 is 1.06 bits per heavy atom. The van der Waals surface area contributed by atoms with E-state index in [-0.39, 0.29) is 6.10 Å². The van der Waals surface area contributed by atoms with Crippen molar-refractivity contribution in [2.45, 2.75) is 52.1 Å². The van der Waals surface area contributed by atoms with E-state index < -0.39 is 0 Å². The van der Waals surface area contributed by atoms with Crippen LogP contribution in [0.4, 0.5) is 0 Å². The van der Waals surface area contributed by atoms with E-state index in [4.69, 9.17) is 0 Å². The molecule has 0 heterocycles. The third-order valence-corrected chi connectivity index (χ3v) is 3.73. The van der Waals surface area contributed by atoms with Crippen LogP contribution in [0.15, 0.2) is 28.7 Å². The van der Waals surface area contributed by atoms with E-state index >= 15 is 0 Å². The van der Waals surface area contributed by atoms with E-state index in [0.717, 1.165) is 36.6 Å². The minimum Gasteiger partial charge on any atom is -0.393 e. The monoisotopic (exact) mass is 298 g/mol. The zero-order valence-electron chi connectivity index (χ0n) is 10.8. The molecule has 1 aromatic carbocycles. The first-order valence-corrected chi connectivity index (χ1v) is 7.39. The zero-order chi connectivity index (χ0) is 12.7. The molecule has 1 N–H and O–H groups in total. The van der Waals surface area contributed by atoms with Gasteiger partial charge in [0, 0.05) is 4.47 Å². The second-order valence-electron chi connectivity index (χ2n) is 4.74. The summed E-state index contributed by atoms with van der Waals surface area (Å²) in [7, 11) is 0. The minimum absolute atomic E-state index is 0.149. The molecule has 0 aromatic heterocycles. The van der Waals surface area contributed by atoms with Crippen molar-refractivity contribution in [3.63, 3.8) is 0 Å². The molecule has 0 fully saturated rings. The molecule has 1 rings (SSSR count). The van der Waals surface area contributed by atoms with Gasteiger partial charge in [-0.25, -0.2) is 0 Å². The Labute approximate surface area is 113 Å². The Hall–Kier alpha value is -0.340. The van der Waals surface area contributed by atoms with Crippen LogP contribution in [0.5, 0.6) is 0 Å². The molecule has 0 bridgehead atoms. The van der Waals surface area contributed by atoms with Crippen molar-refractivity contribution in [3.05, 3.63) is 34.3 Å². The number of aliphatic hydroxyl groups excluding tert-OH is 1. The number of halogens is 1. The molecule has 0 amide bonds. The van der Waals surface area contributed by atoms with Gasteiger partial charge in [0.05, 0.1) is 6.10 Å². The Kier molecular flexibility index (Phi) is 6.83. The maximum Gasteiger partial charge on any atom is 0.0571 e. The highest BCUT2D eigenvalue weighted by Gasteiger charge is 2.17. The third-order valence-electron chi connectivity index (χ3n) is 3.20. The molecular weight excluding hydrogens is 276 g/mol. The first kappa shape index (κ1) is 14.7. The number of hydrogen-bond acceptors (Lipinski definition) is 1. The Morgan fingerprint density at radius 2 is 1.65 bits per heavy atom. The summed E-state index contributed by atoms with van der Waals surface area (Å²) in [6.45, 7) is 4.32. The van der Waals surface area contributed by atoms with E-state index in [1.54, 1.807) is 0 Å². The van der Waals surface area contributed by atoms with Gasteiger partial charge in [0.2, 0.25) is 0 Å². The lowest BCUT2D eigenvalue weighted by molar-refractivity contribution is 0.0925. The summed E-state index contributed by atoms with van der Waals surface area (Å²) in [5, 5.41) is 10.1. The molecule has 0 saturated heterocycles. The van der Waals surface area contributed by atoms with Crippen molar-refractivity contribution < 1.29 is 5.11 Å². The lowest BCUT2D eigenvalue weighted by atomic mass is 9.88. The first-order chi connectivity index (χ1) is 8.17. The van der Waals surface area contributed by atoms with Crippen LogP contribution in [0.3, 0.4) is 0 Å². The van der Waals surface area contributed by atoms with Crippen LogP contribution in [-0.4, -0.2) is 11.2 Å². The van der Waals surface area contributed by atoms with Gasteiger partial charge in [-0.05, 0) is 42.9 Å². The molecule has 1 nitrogen and oxygen atoms in total. The van der Waals surface area contributed by atoms with Crippen LogP contribution in [0.2, 0.25) is 0 Å². The highest BCUT2D eigenvalue weighted by atomic mass is 79.9. The van der Waals surface area contributed by atoms with Crippen LogP contribution >= 0.6 is 15.9 Å². The summed E-state index contributed by atoms with van der Waals surface area (Å²) in [5.41, 5.74) is 1.32. The van der Waals surface area contributed by atoms with Crippen molar-refractivity contribution in [2.75, 3.05) is 0 Å². The lowest BCUT2D eigenvalue weighted by Crippen LogP contribution is -2.22. The molecule has 0 saturated carbocycles. The molecule has 96 valence electrons. The second kappa shape index (κ2) is 7.88. The normalized spacial score (nSPS) is 14.6. The molecule has 0 spiro atoms. The molecule has 2 atom stereocenters. The molecule has 2 unspecified atom stereocenters. The van der Waals surface area contributed by atoms with E-state index in [1.807, 2.05) is 0 Å². The Morgan fingerprint density at radius 3 is 2.18 bits per heavy atom. The van der Waals surface area contributed by atoms with Crippen molar-refractivity contribution >= 4 is 15.9 Å². The number of hydrogen-bond donors (Lipinski definition) is 1. The van der Waals surface area contributed by atoms with Gasteiger partial charge in [-0.2, -0.15) is 0 Å². The van der Waals surface area contributed by atoms with Gasteiger partial charge in [0.15, 0.2) is 0 Å². The second-order valence-corrected chi connectivity index (χ2v) is 5.65. The number of rotatable bonds is 7. The average Bonchev–Trinajstić information content (AvgIpc) is 2.31. The SMILES string of the molecule is CCCC(O)C(CCC)Cc1ccc(Br)cc1. The molecular formula is C15H23BrO. The summed E-state index contributed by atoms with van der Waals surface area (Å²) in [5.74, 6) is 0.404. The highest BCUT2D eigenvalue weighted by Crippen LogP contribution is 2.22. The van der Waals surface area contributed by atoms with Gasteiger partial charge < -0.3 is 5.11 Å². The number of benzene rings is 1. The summed E-state index contributed by atoms with van der Waals surface area (Å²) < 4.78 is 1.11. The molecule has 0 aliphatic rings. The highest BCUT2D eigenvalue weighted by molar-refractivity contribution is 9.10. The summed E-state index contributed by atoms with van der Waals surface area (Å²) >= 11 is 3.45. The van der Waals surface area contributed by atoms with Gasteiger partial charge in [-0.3, -0.25) is 0 Å². The summed E-state index contributed by atoms with van der Waals surface area (Å²) in [4.78, 5) is 0. The van der Waals surface area contributed by atoms with Gasteiger partial charge >= 0.3 is 0 Å². The van der Waals surface area contributed by atoms with E-state index in [2.05, 4.69) is 54.0 Å².